The lowest BCUT2D eigenvalue weighted by Crippen LogP contribution is -2.42. The average molecular weight is 289 g/mol. The molecule has 2 aromatic rings. The number of hydrogen-bond acceptors (Lipinski definition) is 4. The minimum Gasteiger partial charge on any atom is -0.339 e. The summed E-state index contributed by atoms with van der Waals surface area (Å²) >= 11 is 0. The number of piperidine rings is 1. The first-order valence-electron chi connectivity index (χ1n) is 7.23. The van der Waals surface area contributed by atoms with Crippen LogP contribution in [-0.4, -0.2) is 34.8 Å². The highest BCUT2D eigenvalue weighted by Crippen LogP contribution is 2.31. The van der Waals surface area contributed by atoms with Gasteiger partial charge in [-0.05, 0) is 49.1 Å². The third kappa shape index (κ3) is 2.90. The number of hydrogen-bond donors (Lipinski definition) is 2. The molecule has 112 valence electrons. The molecule has 0 radical (unpaired) electrons. The quantitative estimate of drug-likeness (QED) is 0.908. The van der Waals surface area contributed by atoms with E-state index >= 15 is 0 Å². The number of nitrogens with zero attached hydrogens (tertiary/aromatic N) is 3. The summed E-state index contributed by atoms with van der Waals surface area (Å²) < 4.78 is 12.9. The average Bonchev–Trinajstić information content (AvgIpc) is 2.98. The molecule has 6 heteroatoms. The number of aromatic amines is 1. The molecule has 1 saturated heterocycles. The largest absolute Gasteiger partial charge is 0.339 e. The number of nitrogens with two attached hydrogens (primary N) is 1. The zero-order valence-electron chi connectivity index (χ0n) is 12.1. The standard InChI is InChI=1S/C15H20FN5/c1-15(10-17)6-8-21(9-7-15)14-18-13(19-20-14)11-2-4-12(16)5-3-11/h2-5H,6-10,17H2,1H3,(H,18,19,20). The van der Waals surface area contributed by atoms with Crippen LogP contribution in [-0.2, 0) is 0 Å². The molecule has 0 aliphatic carbocycles. The Bertz CT molecular complexity index is 599. The Morgan fingerprint density at radius 3 is 2.57 bits per heavy atom. The van der Waals surface area contributed by atoms with Gasteiger partial charge in [-0.2, -0.15) is 4.98 Å². The van der Waals surface area contributed by atoms with E-state index in [1.165, 1.54) is 12.1 Å². The van der Waals surface area contributed by atoms with Gasteiger partial charge in [0.2, 0.25) is 5.95 Å². The predicted octanol–water partition coefficient (Wildman–Crippen LogP) is 2.18. The molecule has 1 aromatic carbocycles. The fourth-order valence-corrected chi connectivity index (χ4v) is 2.58. The Labute approximate surface area is 123 Å². The summed E-state index contributed by atoms with van der Waals surface area (Å²) in [4.78, 5) is 6.68. The predicted molar refractivity (Wildman–Crippen MR) is 80.4 cm³/mol. The Morgan fingerprint density at radius 2 is 1.95 bits per heavy atom. The Morgan fingerprint density at radius 1 is 1.29 bits per heavy atom. The van der Waals surface area contributed by atoms with Crippen molar-refractivity contribution in [2.45, 2.75) is 19.8 Å². The minimum absolute atomic E-state index is 0.229. The van der Waals surface area contributed by atoms with Crippen molar-refractivity contribution in [2.24, 2.45) is 11.1 Å². The van der Waals surface area contributed by atoms with E-state index in [4.69, 9.17) is 5.73 Å². The van der Waals surface area contributed by atoms with Crippen LogP contribution >= 0.6 is 0 Å². The number of H-pyrrole nitrogens is 1. The van der Waals surface area contributed by atoms with Crippen molar-refractivity contribution < 1.29 is 4.39 Å². The van der Waals surface area contributed by atoms with Crippen LogP contribution in [0, 0.1) is 11.2 Å². The molecule has 21 heavy (non-hydrogen) atoms. The van der Waals surface area contributed by atoms with Crippen molar-refractivity contribution in [3.05, 3.63) is 30.1 Å². The highest BCUT2D eigenvalue weighted by molar-refractivity contribution is 5.56. The van der Waals surface area contributed by atoms with Crippen molar-refractivity contribution in [1.82, 2.24) is 15.2 Å². The smallest absolute Gasteiger partial charge is 0.245 e. The van der Waals surface area contributed by atoms with Crippen LogP contribution in [0.25, 0.3) is 11.4 Å². The molecule has 3 N–H and O–H groups in total. The van der Waals surface area contributed by atoms with Gasteiger partial charge in [0, 0.05) is 18.7 Å². The fraction of sp³-hybridized carbons (Fsp3) is 0.467. The molecule has 0 spiro atoms. The molecule has 1 aromatic heterocycles. The van der Waals surface area contributed by atoms with Gasteiger partial charge in [0.1, 0.15) is 5.82 Å². The second kappa shape index (κ2) is 5.44. The summed E-state index contributed by atoms with van der Waals surface area (Å²) in [6, 6.07) is 6.23. The van der Waals surface area contributed by atoms with E-state index in [1.807, 2.05) is 0 Å². The van der Waals surface area contributed by atoms with Crippen LogP contribution in [0.1, 0.15) is 19.8 Å². The van der Waals surface area contributed by atoms with Crippen LogP contribution in [0.5, 0.6) is 0 Å². The second-order valence-electron chi connectivity index (χ2n) is 5.99. The van der Waals surface area contributed by atoms with Crippen molar-refractivity contribution in [2.75, 3.05) is 24.5 Å². The molecule has 5 nitrogen and oxygen atoms in total. The van der Waals surface area contributed by atoms with Crippen molar-refractivity contribution in [3.8, 4) is 11.4 Å². The third-order valence-electron chi connectivity index (χ3n) is 4.34. The molecule has 0 saturated carbocycles. The SMILES string of the molecule is CC1(CN)CCN(c2n[nH]c(-c3ccc(F)cc3)n2)CC1. The van der Waals surface area contributed by atoms with Crippen molar-refractivity contribution >= 4 is 5.95 Å². The van der Waals surface area contributed by atoms with E-state index in [9.17, 15) is 4.39 Å². The number of benzene rings is 1. The van der Waals surface area contributed by atoms with Crippen LogP contribution in [0.4, 0.5) is 10.3 Å². The minimum atomic E-state index is -0.254. The Kier molecular flexibility index (Phi) is 3.63. The van der Waals surface area contributed by atoms with Gasteiger partial charge >= 0.3 is 0 Å². The summed E-state index contributed by atoms with van der Waals surface area (Å²) in [5.74, 6) is 1.11. The number of halogens is 1. The van der Waals surface area contributed by atoms with Crippen molar-refractivity contribution in [3.63, 3.8) is 0 Å². The lowest BCUT2D eigenvalue weighted by atomic mass is 9.81. The Balaban J connectivity index is 1.72. The van der Waals surface area contributed by atoms with Gasteiger partial charge in [-0.25, -0.2) is 4.39 Å². The van der Waals surface area contributed by atoms with E-state index < -0.39 is 0 Å². The van der Waals surface area contributed by atoms with E-state index in [-0.39, 0.29) is 11.2 Å². The molecular weight excluding hydrogens is 269 g/mol. The maximum atomic E-state index is 12.9. The number of nitrogens with one attached hydrogen (secondary N) is 1. The first-order chi connectivity index (χ1) is 10.1. The molecule has 1 aliphatic rings. The first kappa shape index (κ1) is 14.0. The fourth-order valence-electron chi connectivity index (χ4n) is 2.58. The lowest BCUT2D eigenvalue weighted by molar-refractivity contribution is 0.257. The lowest BCUT2D eigenvalue weighted by Gasteiger charge is -2.38. The van der Waals surface area contributed by atoms with Crippen LogP contribution < -0.4 is 10.6 Å². The zero-order valence-corrected chi connectivity index (χ0v) is 12.1. The number of aromatic nitrogens is 3. The monoisotopic (exact) mass is 289 g/mol. The molecule has 0 unspecified atom stereocenters. The van der Waals surface area contributed by atoms with E-state index in [2.05, 4.69) is 27.0 Å². The molecule has 0 bridgehead atoms. The van der Waals surface area contributed by atoms with E-state index in [0.29, 0.717) is 11.8 Å². The zero-order chi connectivity index (χ0) is 14.9. The van der Waals surface area contributed by atoms with Gasteiger partial charge < -0.3 is 10.6 Å². The molecule has 3 rings (SSSR count). The van der Waals surface area contributed by atoms with Crippen molar-refractivity contribution in [1.29, 1.82) is 0 Å². The van der Waals surface area contributed by atoms with E-state index in [0.717, 1.165) is 38.0 Å². The maximum Gasteiger partial charge on any atom is 0.245 e. The summed E-state index contributed by atoms with van der Waals surface area (Å²) in [7, 11) is 0. The van der Waals surface area contributed by atoms with Gasteiger partial charge in [0.15, 0.2) is 5.82 Å². The normalized spacial score (nSPS) is 18.0. The molecule has 0 amide bonds. The molecule has 2 heterocycles. The summed E-state index contributed by atoms with van der Waals surface area (Å²) in [5, 5.41) is 7.20. The maximum absolute atomic E-state index is 12.9. The Hall–Kier alpha value is -1.95. The molecular formula is C15H20FN5. The highest BCUT2D eigenvalue weighted by Gasteiger charge is 2.30. The van der Waals surface area contributed by atoms with Gasteiger partial charge in [-0.15, -0.1) is 5.10 Å². The van der Waals surface area contributed by atoms with Crippen LogP contribution in [0.2, 0.25) is 0 Å². The van der Waals surface area contributed by atoms with Gasteiger partial charge in [0.25, 0.3) is 0 Å². The number of rotatable bonds is 3. The van der Waals surface area contributed by atoms with Gasteiger partial charge in [0.05, 0.1) is 0 Å². The van der Waals surface area contributed by atoms with Crippen LogP contribution in [0.3, 0.4) is 0 Å². The van der Waals surface area contributed by atoms with E-state index in [1.54, 1.807) is 12.1 Å². The number of anilines is 1. The van der Waals surface area contributed by atoms with Gasteiger partial charge in [-0.1, -0.05) is 6.92 Å². The molecule has 1 aliphatic heterocycles. The highest BCUT2D eigenvalue weighted by atomic mass is 19.1. The third-order valence-corrected chi connectivity index (χ3v) is 4.34. The summed E-state index contributed by atoms with van der Waals surface area (Å²) in [5.41, 5.74) is 6.89. The topological polar surface area (TPSA) is 70.8 Å². The first-order valence-corrected chi connectivity index (χ1v) is 7.23. The summed E-state index contributed by atoms with van der Waals surface area (Å²) in [6.45, 7) is 4.77. The molecule has 1 fully saturated rings. The van der Waals surface area contributed by atoms with Gasteiger partial charge in [-0.3, -0.25) is 5.10 Å². The van der Waals surface area contributed by atoms with Crippen LogP contribution in [0.15, 0.2) is 24.3 Å². The second-order valence-corrected chi connectivity index (χ2v) is 5.99. The summed E-state index contributed by atoms with van der Waals surface area (Å²) in [6.07, 6.45) is 2.09. The molecule has 0 atom stereocenters.